The van der Waals surface area contributed by atoms with Crippen molar-refractivity contribution in [1.82, 2.24) is 15.2 Å². The number of nitrogens with zero attached hydrogens (tertiary/aromatic N) is 3. The molecule has 1 amide bonds. The number of hydrogen-bond acceptors (Lipinski definition) is 5. The van der Waals surface area contributed by atoms with Gasteiger partial charge in [0.1, 0.15) is 4.34 Å². The van der Waals surface area contributed by atoms with Crippen molar-refractivity contribution in [2.24, 2.45) is 0 Å². The number of nitrogens with one attached hydrogen (secondary N) is 1. The molecule has 1 aromatic heterocycles. The monoisotopic (exact) mass is 364 g/mol. The van der Waals surface area contributed by atoms with Crippen molar-refractivity contribution < 1.29 is 4.79 Å². The maximum absolute atomic E-state index is 10.9. The summed E-state index contributed by atoms with van der Waals surface area (Å²) in [5.74, 6) is -0.00142. The number of piperazine rings is 1. The van der Waals surface area contributed by atoms with Gasteiger partial charge in [0.05, 0.1) is 6.20 Å². The molecule has 128 valence electrons. The van der Waals surface area contributed by atoms with Crippen molar-refractivity contribution in [3.05, 3.63) is 45.9 Å². The fourth-order valence-corrected chi connectivity index (χ4v) is 3.69. The first kappa shape index (κ1) is 17.2. The topological polar surface area (TPSA) is 48.5 Å². The molecule has 0 unspecified atom stereocenters. The van der Waals surface area contributed by atoms with Crippen LogP contribution in [0.5, 0.6) is 0 Å². The maximum atomic E-state index is 10.9. The lowest BCUT2D eigenvalue weighted by Crippen LogP contribution is -2.45. The van der Waals surface area contributed by atoms with Crippen LogP contribution >= 0.6 is 22.9 Å². The summed E-state index contributed by atoms with van der Waals surface area (Å²) >= 11 is 7.50. The van der Waals surface area contributed by atoms with Crippen LogP contribution in [-0.4, -0.2) is 42.0 Å². The van der Waals surface area contributed by atoms with Crippen LogP contribution in [0.2, 0.25) is 4.34 Å². The van der Waals surface area contributed by atoms with Gasteiger partial charge in [-0.05, 0) is 11.1 Å². The van der Waals surface area contributed by atoms with Crippen molar-refractivity contribution in [1.29, 1.82) is 0 Å². The van der Waals surface area contributed by atoms with E-state index in [1.165, 1.54) is 23.8 Å². The fraction of sp³-hybridized carbons (Fsp3) is 0.412. The third-order valence-electron chi connectivity index (χ3n) is 4.08. The van der Waals surface area contributed by atoms with Gasteiger partial charge < -0.3 is 10.2 Å². The zero-order valence-corrected chi connectivity index (χ0v) is 15.2. The van der Waals surface area contributed by atoms with Crippen LogP contribution in [0, 0.1) is 0 Å². The molecule has 0 radical (unpaired) electrons. The Morgan fingerprint density at radius 1 is 1.21 bits per heavy atom. The number of rotatable bonds is 5. The second-order valence-corrected chi connectivity index (χ2v) is 7.58. The highest BCUT2D eigenvalue weighted by Crippen LogP contribution is 2.27. The number of carbonyl (C=O) groups is 1. The van der Waals surface area contributed by atoms with Gasteiger partial charge in [-0.3, -0.25) is 9.69 Å². The Morgan fingerprint density at radius 3 is 2.46 bits per heavy atom. The van der Waals surface area contributed by atoms with Crippen LogP contribution in [0.1, 0.15) is 18.1 Å². The number of hydrogen-bond donors (Lipinski definition) is 1. The molecule has 0 aliphatic carbocycles. The lowest BCUT2D eigenvalue weighted by Gasteiger charge is -2.34. The summed E-state index contributed by atoms with van der Waals surface area (Å²) in [5.41, 5.74) is 2.42. The maximum Gasteiger partial charge on any atom is 0.217 e. The van der Waals surface area contributed by atoms with Crippen LogP contribution in [0.15, 0.2) is 30.5 Å². The molecule has 1 N–H and O–H groups in total. The summed E-state index contributed by atoms with van der Waals surface area (Å²) in [6, 6.07) is 8.45. The van der Waals surface area contributed by atoms with Gasteiger partial charge in [0.15, 0.2) is 5.13 Å². The number of anilines is 1. The first-order valence-electron chi connectivity index (χ1n) is 8.01. The smallest absolute Gasteiger partial charge is 0.217 e. The van der Waals surface area contributed by atoms with Gasteiger partial charge in [-0.2, -0.15) is 0 Å². The predicted octanol–water partition coefficient (Wildman–Crippen LogP) is 2.75. The molecule has 1 aliphatic rings. The summed E-state index contributed by atoms with van der Waals surface area (Å²) < 4.78 is 0.742. The SMILES string of the molecule is CC(=O)NCc1ccc(CN2CCN(c3ncc(Cl)s3)CC2)cc1. The van der Waals surface area contributed by atoms with Gasteiger partial charge in [-0.1, -0.05) is 47.2 Å². The quantitative estimate of drug-likeness (QED) is 0.886. The summed E-state index contributed by atoms with van der Waals surface area (Å²) in [5, 5.41) is 3.83. The molecule has 2 aromatic rings. The van der Waals surface area contributed by atoms with E-state index >= 15 is 0 Å². The lowest BCUT2D eigenvalue weighted by molar-refractivity contribution is -0.119. The highest BCUT2D eigenvalue weighted by atomic mass is 35.5. The molecule has 0 bridgehead atoms. The number of thiazole rings is 1. The van der Waals surface area contributed by atoms with Gasteiger partial charge in [0, 0.05) is 46.2 Å². The van der Waals surface area contributed by atoms with E-state index in [2.05, 4.69) is 44.4 Å². The second-order valence-electron chi connectivity index (χ2n) is 5.94. The predicted molar refractivity (Wildman–Crippen MR) is 98.6 cm³/mol. The molecule has 7 heteroatoms. The molecule has 1 aromatic carbocycles. The molecule has 3 rings (SSSR count). The van der Waals surface area contributed by atoms with Crippen molar-refractivity contribution in [3.63, 3.8) is 0 Å². The average molecular weight is 365 g/mol. The molecule has 1 fully saturated rings. The van der Waals surface area contributed by atoms with Crippen molar-refractivity contribution in [2.75, 3.05) is 31.1 Å². The molecular formula is C17H21ClN4OS. The van der Waals surface area contributed by atoms with Crippen LogP contribution < -0.4 is 10.2 Å². The molecule has 1 aliphatic heterocycles. The molecule has 0 spiro atoms. The number of amides is 1. The third-order valence-corrected chi connectivity index (χ3v) is 5.25. The highest BCUT2D eigenvalue weighted by Gasteiger charge is 2.19. The Labute approximate surface area is 151 Å². The lowest BCUT2D eigenvalue weighted by atomic mass is 10.1. The molecule has 24 heavy (non-hydrogen) atoms. The van der Waals surface area contributed by atoms with Crippen LogP contribution in [-0.2, 0) is 17.9 Å². The summed E-state index contributed by atoms with van der Waals surface area (Å²) in [6.07, 6.45) is 1.72. The standard InChI is InChI=1S/C17H21ClN4OS/c1-13(23)19-10-14-2-4-15(5-3-14)12-21-6-8-22(9-7-21)17-20-11-16(18)24-17/h2-5,11H,6-10,12H2,1H3,(H,19,23). The first-order valence-corrected chi connectivity index (χ1v) is 9.20. The van der Waals surface area contributed by atoms with Gasteiger partial charge in [0.25, 0.3) is 0 Å². The molecular weight excluding hydrogens is 344 g/mol. The Bertz CT molecular complexity index is 680. The Kier molecular flexibility index (Phi) is 5.71. The van der Waals surface area contributed by atoms with E-state index < -0.39 is 0 Å². The minimum atomic E-state index is -0.00142. The number of benzene rings is 1. The van der Waals surface area contributed by atoms with E-state index in [0.717, 1.165) is 47.8 Å². The second kappa shape index (κ2) is 7.96. The van der Waals surface area contributed by atoms with Gasteiger partial charge >= 0.3 is 0 Å². The summed E-state index contributed by atoms with van der Waals surface area (Å²) in [4.78, 5) is 20.0. The Morgan fingerprint density at radius 2 is 1.88 bits per heavy atom. The van der Waals surface area contributed by atoms with E-state index in [1.807, 2.05) is 0 Å². The van der Waals surface area contributed by atoms with E-state index in [1.54, 1.807) is 6.20 Å². The van der Waals surface area contributed by atoms with Gasteiger partial charge in [-0.15, -0.1) is 0 Å². The number of carbonyl (C=O) groups excluding carboxylic acids is 1. The molecule has 0 atom stereocenters. The van der Waals surface area contributed by atoms with Crippen LogP contribution in [0.4, 0.5) is 5.13 Å². The third kappa shape index (κ3) is 4.69. The number of halogens is 1. The Balaban J connectivity index is 1.48. The van der Waals surface area contributed by atoms with Crippen LogP contribution in [0.25, 0.3) is 0 Å². The number of aromatic nitrogens is 1. The first-order chi connectivity index (χ1) is 11.6. The zero-order valence-electron chi connectivity index (χ0n) is 13.7. The highest BCUT2D eigenvalue weighted by molar-refractivity contribution is 7.19. The van der Waals surface area contributed by atoms with Crippen molar-refractivity contribution >= 4 is 34.0 Å². The van der Waals surface area contributed by atoms with Crippen LogP contribution in [0.3, 0.4) is 0 Å². The van der Waals surface area contributed by atoms with Crippen molar-refractivity contribution in [3.8, 4) is 0 Å². The Hall–Kier alpha value is -1.63. The minimum Gasteiger partial charge on any atom is -0.352 e. The molecule has 0 saturated carbocycles. The summed E-state index contributed by atoms with van der Waals surface area (Å²) in [6.45, 7) is 7.07. The van der Waals surface area contributed by atoms with E-state index in [-0.39, 0.29) is 5.91 Å². The largest absolute Gasteiger partial charge is 0.352 e. The van der Waals surface area contributed by atoms with Crippen molar-refractivity contribution in [2.45, 2.75) is 20.0 Å². The fourth-order valence-electron chi connectivity index (χ4n) is 2.74. The van der Waals surface area contributed by atoms with Gasteiger partial charge in [-0.25, -0.2) is 4.98 Å². The van der Waals surface area contributed by atoms with Gasteiger partial charge in [0.2, 0.25) is 5.91 Å². The molecule has 2 heterocycles. The van der Waals surface area contributed by atoms with E-state index in [9.17, 15) is 4.79 Å². The average Bonchev–Trinajstić information content (AvgIpc) is 3.01. The minimum absolute atomic E-state index is 0.00142. The molecule has 5 nitrogen and oxygen atoms in total. The van der Waals surface area contributed by atoms with E-state index in [0.29, 0.717) is 6.54 Å². The normalized spacial score (nSPS) is 15.5. The summed E-state index contributed by atoms with van der Waals surface area (Å²) in [7, 11) is 0. The molecule has 1 saturated heterocycles. The van der Waals surface area contributed by atoms with E-state index in [4.69, 9.17) is 11.6 Å². The zero-order chi connectivity index (χ0) is 16.9.